The van der Waals surface area contributed by atoms with E-state index in [2.05, 4.69) is 9.72 Å². The number of aromatic nitrogens is 1. The number of fused-ring (bicyclic) bond motifs is 4. The molecule has 0 aliphatic carbocycles. The van der Waals surface area contributed by atoms with Crippen LogP contribution in [-0.2, 0) is 28.5 Å². The molecule has 3 aliphatic rings. The summed E-state index contributed by atoms with van der Waals surface area (Å²) in [4.78, 5) is 31.8. The Balaban J connectivity index is 1.42. The lowest BCUT2D eigenvalue weighted by Crippen LogP contribution is -2.74. The zero-order valence-corrected chi connectivity index (χ0v) is 48.9. The van der Waals surface area contributed by atoms with Crippen molar-refractivity contribution in [3.8, 4) is 5.75 Å². The molecule has 596 valence electrons. The van der Waals surface area contributed by atoms with Gasteiger partial charge in [-0.25, -0.2) is 18.0 Å². The molecule has 54 heteroatoms. The normalized spacial score (nSPS) is 22.2. The van der Waals surface area contributed by atoms with E-state index in [1.165, 1.54) is 22.9 Å². The standard InChI is InChI=1S/C50H32F43N3O8/c1-99-21-6-7-24-23(15-21)22(9-12-94-24)26(25-14-18-10-13-96(25)16-19(18)8-11-32(54,55)37(60,61)38(62,63)39(64,65)40(66,67)41(68,69)42(70,71)48(86,87)88)100-27(97)17-2-4-20(5-3-17)95-31(98)36(59,47(83,84)85)103-29(52)34(57,45(77,78)79)101-28(51)33(56,44(74,75)76)102-30(53)35(58,46(80,81)82)104-50(92,93)43(72,73)49(89,90)91/h2-7,9,12,15,18-19,25-26,28-30H,8,10-11,13-14,16H2,1H3,(H,95,98)/t18-,19-,25-,26+,28?,29?,30?,33?,34?,35?,36?/m0/s1. The van der Waals surface area contributed by atoms with Crippen molar-refractivity contribution in [2.75, 3.05) is 25.5 Å². The van der Waals surface area contributed by atoms with Crippen LogP contribution in [0.25, 0.3) is 10.9 Å². The summed E-state index contributed by atoms with van der Waals surface area (Å²) in [5, 5.41) is 0.626. The second-order valence-corrected chi connectivity index (χ2v) is 21.9. The van der Waals surface area contributed by atoms with E-state index in [0.29, 0.717) is 5.32 Å². The summed E-state index contributed by atoms with van der Waals surface area (Å²) in [6.07, 6.45) is -83.3. The van der Waals surface area contributed by atoms with Crippen LogP contribution in [0, 0.1) is 11.8 Å². The highest BCUT2D eigenvalue weighted by molar-refractivity contribution is 5.97. The molecule has 8 unspecified atom stereocenters. The number of pyridine rings is 1. The van der Waals surface area contributed by atoms with E-state index >= 15 is 26.3 Å². The van der Waals surface area contributed by atoms with Crippen molar-refractivity contribution >= 4 is 28.5 Å². The predicted molar refractivity (Wildman–Crippen MR) is 248 cm³/mol. The van der Waals surface area contributed by atoms with Gasteiger partial charge in [-0.2, -0.15) is 176 Å². The molecule has 0 spiro atoms. The van der Waals surface area contributed by atoms with Gasteiger partial charge in [-0.3, -0.25) is 33.6 Å². The first-order valence-electron chi connectivity index (χ1n) is 26.7. The van der Waals surface area contributed by atoms with E-state index in [0.717, 1.165) is 24.3 Å². The number of nitrogens with zero attached hydrogens (tertiary/aromatic N) is 2. The summed E-state index contributed by atoms with van der Waals surface area (Å²) < 4.78 is 618. The van der Waals surface area contributed by atoms with E-state index in [1.54, 1.807) is 4.74 Å². The first-order chi connectivity index (χ1) is 46.2. The van der Waals surface area contributed by atoms with Crippen LogP contribution in [0.15, 0.2) is 54.7 Å². The van der Waals surface area contributed by atoms with Gasteiger partial charge in [0, 0.05) is 35.8 Å². The number of amides is 1. The number of methoxy groups -OCH3 is 1. The number of hydrogen-bond acceptors (Lipinski definition) is 10. The molecule has 104 heavy (non-hydrogen) atoms. The van der Waals surface area contributed by atoms with Gasteiger partial charge in [-0.15, -0.1) is 0 Å². The van der Waals surface area contributed by atoms with Crippen molar-refractivity contribution in [2.24, 2.45) is 11.8 Å². The Labute approximate surface area is 545 Å². The Morgan fingerprint density at radius 1 is 0.519 bits per heavy atom. The third-order valence-corrected chi connectivity index (χ3v) is 15.3. The van der Waals surface area contributed by atoms with Gasteiger partial charge in [0.2, 0.25) is 0 Å². The summed E-state index contributed by atoms with van der Waals surface area (Å²) in [5.74, 6) is -107. The number of rotatable bonds is 28. The van der Waals surface area contributed by atoms with Gasteiger partial charge in [-0.1, -0.05) is 0 Å². The number of piperidine rings is 3. The molecule has 3 fully saturated rings. The number of carbonyl (C=O) groups is 2. The van der Waals surface area contributed by atoms with Gasteiger partial charge in [0.1, 0.15) is 11.9 Å². The summed E-state index contributed by atoms with van der Waals surface area (Å²) in [6.45, 7) is -1.08. The number of ether oxygens (including phenoxy) is 6. The summed E-state index contributed by atoms with van der Waals surface area (Å²) >= 11 is 0. The molecule has 3 aliphatic heterocycles. The Bertz CT molecular complexity index is 3530. The van der Waals surface area contributed by atoms with Crippen LogP contribution < -0.4 is 10.1 Å². The predicted octanol–water partition coefficient (Wildman–Crippen LogP) is 18.2. The van der Waals surface area contributed by atoms with Crippen molar-refractivity contribution in [3.05, 3.63) is 65.9 Å². The van der Waals surface area contributed by atoms with E-state index < -0.39 is 206 Å². The lowest BCUT2D eigenvalue weighted by Gasteiger charge is -2.52. The summed E-state index contributed by atoms with van der Waals surface area (Å²) in [5.41, 5.74) is -2.65. The molecule has 1 N–H and O–H groups in total. The smallest absolute Gasteiger partial charge is 0.462 e. The van der Waals surface area contributed by atoms with Gasteiger partial charge in [0.25, 0.3) is 25.0 Å². The fourth-order valence-electron chi connectivity index (χ4n) is 9.56. The number of hydrogen-bond donors (Lipinski definition) is 1. The summed E-state index contributed by atoms with van der Waals surface area (Å²) in [6, 6.07) is 4.14. The van der Waals surface area contributed by atoms with Crippen LogP contribution in [-0.4, -0.2) is 181 Å². The highest BCUT2D eigenvalue weighted by atomic mass is 19.5. The molecule has 6 rings (SSSR count). The van der Waals surface area contributed by atoms with Crippen LogP contribution in [0.3, 0.4) is 0 Å². The van der Waals surface area contributed by atoms with Gasteiger partial charge in [-0.05, 0) is 86.2 Å². The van der Waals surface area contributed by atoms with Crippen molar-refractivity contribution in [3.63, 3.8) is 0 Å². The number of esters is 1. The Hall–Kier alpha value is -6.62. The van der Waals surface area contributed by atoms with Crippen molar-refractivity contribution in [2.45, 2.75) is 171 Å². The highest BCUT2D eigenvalue weighted by Gasteiger charge is 2.95. The Morgan fingerprint density at radius 3 is 1.38 bits per heavy atom. The second-order valence-electron chi connectivity index (χ2n) is 21.9. The molecule has 0 radical (unpaired) electrons. The fraction of sp³-hybridized carbons (Fsp3) is 0.660. The molecule has 1 amide bonds. The maximum Gasteiger partial charge on any atom is 0.462 e. The van der Waals surface area contributed by atoms with E-state index in [4.69, 9.17) is 9.47 Å². The van der Waals surface area contributed by atoms with Crippen molar-refractivity contribution in [1.82, 2.24) is 9.88 Å². The average molecular weight is 1620 g/mol. The molecule has 2 aromatic carbocycles. The molecule has 0 saturated carbocycles. The average Bonchev–Trinajstić information content (AvgIpc) is 0.705. The van der Waals surface area contributed by atoms with Crippen LogP contribution >= 0.6 is 0 Å². The molecule has 11 nitrogen and oxygen atoms in total. The maximum absolute atomic E-state index is 15.6. The first-order valence-corrected chi connectivity index (χ1v) is 26.7. The van der Waals surface area contributed by atoms with Crippen LogP contribution in [0.2, 0.25) is 0 Å². The zero-order chi connectivity index (χ0) is 81.0. The largest absolute Gasteiger partial charge is 0.497 e. The molecular weight excluding hydrogens is 1590 g/mol. The van der Waals surface area contributed by atoms with E-state index in [9.17, 15) is 172 Å². The SMILES string of the molecule is COc1ccc2nccc([C@@H](OC(=O)c3ccc(NC(=O)C(F)(OC(F)C(F)(OC(F)C(F)(OC(F)C(F)(OC(F)(F)C(F)(F)C(F)(F)F)C(F)(F)F)C(F)(F)F)C(F)(F)F)C(F)(F)F)cc3)[C@@H]3C[C@@H]4CCN3C[C@@H]4CCC(F)(F)C(F)(F)C(F)(F)C(F)(F)C(F)(F)C(F)(F)C(F)(F)C(F)(F)F)c2c1. The molecule has 2 bridgehead atoms. The number of anilines is 1. The topological polar surface area (TPSA) is 118 Å². The second kappa shape index (κ2) is 27.6. The van der Waals surface area contributed by atoms with E-state index in [-0.39, 0.29) is 59.4 Å². The van der Waals surface area contributed by atoms with E-state index in [1.807, 2.05) is 4.74 Å². The lowest BCUT2D eigenvalue weighted by molar-refractivity contribution is -0.521. The molecule has 12 atom stereocenters. The third-order valence-electron chi connectivity index (χ3n) is 15.3. The number of benzene rings is 2. The minimum absolute atomic E-state index is 0.0295. The number of halogens is 43. The van der Waals surface area contributed by atoms with Crippen LogP contribution in [0.5, 0.6) is 5.75 Å². The monoisotopic (exact) mass is 1620 g/mol. The third kappa shape index (κ3) is 15.1. The van der Waals surface area contributed by atoms with Gasteiger partial charge >= 0.3 is 120 Å². The molecular formula is C50H32F43N3O8. The van der Waals surface area contributed by atoms with Crippen molar-refractivity contribution < 1.29 is 227 Å². The highest BCUT2D eigenvalue weighted by Crippen LogP contribution is 2.65. The minimum atomic E-state index is -8.92. The molecule has 3 saturated heterocycles. The van der Waals surface area contributed by atoms with Gasteiger partial charge < -0.3 is 14.8 Å². The molecule has 4 heterocycles. The Morgan fingerprint density at radius 2 is 0.962 bits per heavy atom. The van der Waals surface area contributed by atoms with Crippen LogP contribution in [0.4, 0.5) is 194 Å². The number of alkyl halides is 43. The fourth-order valence-corrected chi connectivity index (χ4v) is 9.56. The van der Waals surface area contributed by atoms with Crippen LogP contribution in [0.1, 0.15) is 47.7 Å². The summed E-state index contributed by atoms with van der Waals surface area (Å²) in [7, 11) is 1.08. The number of nitrogens with one attached hydrogen (secondary N) is 1. The Kier molecular flexibility index (Phi) is 23.3. The van der Waals surface area contributed by atoms with Gasteiger partial charge in [0.15, 0.2) is 0 Å². The first kappa shape index (κ1) is 88.0. The maximum atomic E-state index is 15.6. The zero-order valence-electron chi connectivity index (χ0n) is 48.9. The molecule has 3 aromatic rings. The number of carbonyl (C=O) groups excluding carboxylic acids is 2. The minimum Gasteiger partial charge on any atom is -0.497 e. The lowest BCUT2D eigenvalue weighted by atomic mass is 9.71. The van der Waals surface area contributed by atoms with Crippen molar-refractivity contribution in [1.29, 1.82) is 0 Å². The molecule has 1 aromatic heterocycles. The van der Waals surface area contributed by atoms with Gasteiger partial charge in [0.05, 0.1) is 24.2 Å². The quantitative estimate of drug-likeness (QED) is 0.0556.